The minimum atomic E-state index is -4.42. The van der Waals surface area contributed by atoms with Crippen LogP contribution < -0.4 is 5.32 Å². The molecule has 4 rings (SSSR count). The first-order chi connectivity index (χ1) is 15.3. The molecule has 1 amide bonds. The summed E-state index contributed by atoms with van der Waals surface area (Å²) in [7, 11) is 2.05. The summed E-state index contributed by atoms with van der Waals surface area (Å²) in [6, 6.07) is 9.25. The highest BCUT2D eigenvalue weighted by Gasteiger charge is 2.39. The van der Waals surface area contributed by atoms with Crippen LogP contribution in [-0.4, -0.2) is 53.4 Å². The van der Waals surface area contributed by atoms with Gasteiger partial charge in [0.05, 0.1) is 11.5 Å². The number of benzene rings is 1. The number of carbonyl (C=O) groups is 1. The van der Waals surface area contributed by atoms with Crippen molar-refractivity contribution < 1.29 is 18.0 Å². The Morgan fingerprint density at radius 2 is 1.88 bits per heavy atom. The van der Waals surface area contributed by atoms with Gasteiger partial charge < -0.3 is 10.2 Å². The Morgan fingerprint density at radius 1 is 1.16 bits per heavy atom. The Balaban J connectivity index is 1.30. The Labute approximate surface area is 186 Å². The Morgan fingerprint density at radius 3 is 2.56 bits per heavy atom. The molecule has 2 fully saturated rings. The number of rotatable bonds is 5. The van der Waals surface area contributed by atoms with E-state index < -0.39 is 11.7 Å². The fourth-order valence-electron chi connectivity index (χ4n) is 5.03. The summed E-state index contributed by atoms with van der Waals surface area (Å²) in [5.41, 5.74) is 0.707. The number of hydrogen-bond donors (Lipinski definition) is 1. The lowest BCUT2D eigenvalue weighted by molar-refractivity contribution is -0.137. The minimum absolute atomic E-state index is 0.195. The number of pyridine rings is 1. The third kappa shape index (κ3) is 5.48. The number of nitrogens with one attached hydrogen (secondary N) is 1. The second kappa shape index (κ2) is 9.58. The number of hydrogen-bond acceptors (Lipinski definition) is 4. The number of carbonyl (C=O) groups excluding carboxylic acids is 1. The molecule has 2 saturated heterocycles. The van der Waals surface area contributed by atoms with E-state index in [0.29, 0.717) is 18.5 Å². The minimum Gasteiger partial charge on any atom is -0.326 e. The number of aromatic nitrogens is 1. The molecule has 172 valence electrons. The molecule has 2 aliphatic heterocycles. The van der Waals surface area contributed by atoms with Gasteiger partial charge in [-0.1, -0.05) is 6.07 Å². The van der Waals surface area contributed by atoms with Gasteiger partial charge in [0.25, 0.3) is 0 Å². The number of nitrogens with zero attached hydrogens (tertiary/aromatic N) is 3. The van der Waals surface area contributed by atoms with E-state index in [9.17, 15) is 18.0 Å². The molecule has 0 unspecified atom stereocenters. The monoisotopic (exact) mass is 446 g/mol. The normalized spacial score (nSPS) is 23.4. The van der Waals surface area contributed by atoms with Crippen molar-refractivity contribution in [1.82, 2.24) is 14.8 Å². The molecule has 8 heteroatoms. The fraction of sp³-hybridized carbons (Fsp3) is 0.500. The van der Waals surface area contributed by atoms with Crippen LogP contribution in [0.2, 0.25) is 0 Å². The Hall–Kier alpha value is -2.45. The van der Waals surface area contributed by atoms with Crippen LogP contribution in [0.15, 0.2) is 48.8 Å². The van der Waals surface area contributed by atoms with Crippen molar-refractivity contribution in [2.75, 3.05) is 32.0 Å². The molecule has 2 aromatic rings. The zero-order valence-electron chi connectivity index (χ0n) is 18.2. The number of amides is 1. The van der Waals surface area contributed by atoms with Crippen molar-refractivity contribution in [1.29, 1.82) is 0 Å². The number of anilines is 1. The summed E-state index contributed by atoms with van der Waals surface area (Å²) in [6.45, 7) is 3.61. The topological polar surface area (TPSA) is 48.5 Å². The van der Waals surface area contributed by atoms with E-state index in [0.717, 1.165) is 51.0 Å². The molecule has 0 aliphatic carbocycles. The quantitative estimate of drug-likeness (QED) is 0.745. The van der Waals surface area contributed by atoms with Gasteiger partial charge in [0.2, 0.25) is 5.91 Å². The lowest BCUT2D eigenvalue weighted by Crippen LogP contribution is -2.41. The first kappa shape index (κ1) is 22.7. The Bertz CT molecular complexity index is 913. The zero-order valence-corrected chi connectivity index (χ0v) is 18.2. The van der Waals surface area contributed by atoms with Crippen molar-refractivity contribution in [3.8, 4) is 0 Å². The Kier molecular flexibility index (Phi) is 6.81. The second-order valence-electron chi connectivity index (χ2n) is 8.98. The maximum absolute atomic E-state index is 12.9. The third-order valence-corrected chi connectivity index (χ3v) is 6.76. The van der Waals surface area contributed by atoms with Crippen LogP contribution in [0, 0.1) is 11.8 Å². The summed E-state index contributed by atoms with van der Waals surface area (Å²) < 4.78 is 38.8. The van der Waals surface area contributed by atoms with Gasteiger partial charge in [-0.25, -0.2) is 0 Å². The van der Waals surface area contributed by atoms with E-state index in [2.05, 4.69) is 20.1 Å². The van der Waals surface area contributed by atoms with Crippen molar-refractivity contribution >= 4 is 11.6 Å². The van der Waals surface area contributed by atoms with E-state index in [1.54, 1.807) is 0 Å². The summed E-state index contributed by atoms with van der Waals surface area (Å²) in [6.07, 6.45) is 2.13. The maximum atomic E-state index is 12.9. The number of halogens is 3. The summed E-state index contributed by atoms with van der Waals surface area (Å²) >= 11 is 0. The molecule has 0 saturated carbocycles. The summed E-state index contributed by atoms with van der Waals surface area (Å²) in [5.74, 6) is 0.114. The van der Waals surface area contributed by atoms with Crippen LogP contribution in [-0.2, 0) is 17.5 Å². The largest absolute Gasteiger partial charge is 0.416 e. The zero-order chi connectivity index (χ0) is 22.7. The van der Waals surface area contributed by atoms with Crippen LogP contribution in [0.25, 0.3) is 0 Å². The molecule has 0 bridgehead atoms. The van der Waals surface area contributed by atoms with Gasteiger partial charge in [-0.2, -0.15) is 13.2 Å². The fourth-order valence-corrected chi connectivity index (χ4v) is 5.03. The maximum Gasteiger partial charge on any atom is 0.416 e. The molecular weight excluding hydrogens is 417 g/mol. The van der Waals surface area contributed by atoms with Gasteiger partial charge in [-0.3, -0.25) is 14.7 Å². The molecule has 32 heavy (non-hydrogen) atoms. The molecule has 1 aromatic heterocycles. The van der Waals surface area contributed by atoms with E-state index in [1.165, 1.54) is 17.7 Å². The van der Waals surface area contributed by atoms with Crippen LogP contribution in [0.3, 0.4) is 0 Å². The number of alkyl halides is 3. The second-order valence-corrected chi connectivity index (χ2v) is 8.98. The van der Waals surface area contributed by atoms with Crippen molar-refractivity contribution in [3.05, 3.63) is 59.9 Å². The highest BCUT2D eigenvalue weighted by Crippen LogP contribution is 2.34. The van der Waals surface area contributed by atoms with Gasteiger partial charge in [0.1, 0.15) is 0 Å². The van der Waals surface area contributed by atoms with Crippen molar-refractivity contribution in [3.63, 3.8) is 0 Å². The molecule has 3 heterocycles. The number of likely N-dealkylation sites (tertiary alicyclic amines) is 2. The first-order valence-electron chi connectivity index (χ1n) is 11.1. The van der Waals surface area contributed by atoms with Gasteiger partial charge in [0, 0.05) is 37.2 Å². The third-order valence-electron chi connectivity index (χ3n) is 6.76. The first-order valence-corrected chi connectivity index (χ1v) is 11.1. The standard InChI is InChI=1S/C24H29F3N4O/c1-30-16-19(23(32)29-21-4-2-3-20(14-21)24(25,26)27)13-22(30)18-7-11-31(12-8-18)15-17-5-9-28-10-6-17/h2-6,9-10,14,18-19,22H,7-8,11-13,15-16H2,1H3,(H,29,32)/t19-,22+/m0/s1. The molecule has 2 aliphatic rings. The highest BCUT2D eigenvalue weighted by molar-refractivity contribution is 5.93. The smallest absolute Gasteiger partial charge is 0.326 e. The van der Waals surface area contributed by atoms with Crippen LogP contribution >= 0.6 is 0 Å². The van der Waals surface area contributed by atoms with Crippen molar-refractivity contribution in [2.24, 2.45) is 11.8 Å². The average molecular weight is 447 g/mol. The van der Waals surface area contributed by atoms with Crippen LogP contribution in [0.4, 0.5) is 18.9 Å². The van der Waals surface area contributed by atoms with E-state index in [1.807, 2.05) is 31.6 Å². The lowest BCUT2D eigenvalue weighted by atomic mass is 9.86. The highest BCUT2D eigenvalue weighted by atomic mass is 19.4. The summed E-state index contributed by atoms with van der Waals surface area (Å²) in [5, 5.41) is 2.70. The van der Waals surface area contributed by atoms with Crippen LogP contribution in [0.5, 0.6) is 0 Å². The average Bonchev–Trinajstić information content (AvgIpc) is 3.16. The molecule has 2 atom stereocenters. The summed E-state index contributed by atoms with van der Waals surface area (Å²) in [4.78, 5) is 21.5. The van der Waals surface area contributed by atoms with E-state index in [4.69, 9.17) is 0 Å². The molecule has 1 aromatic carbocycles. The molecule has 1 N–H and O–H groups in total. The van der Waals surface area contributed by atoms with Gasteiger partial charge >= 0.3 is 6.18 Å². The van der Waals surface area contributed by atoms with E-state index in [-0.39, 0.29) is 17.5 Å². The molecule has 5 nitrogen and oxygen atoms in total. The van der Waals surface area contributed by atoms with E-state index >= 15 is 0 Å². The number of piperidine rings is 1. The van der Waals surface area contributed by atoms with Gasteiger partial charge in [-0.05, 0) is 81.2 Å². The lowest BCUT2D eigenvalue weighted by Gasteiger charge is -2.37. The molecular formula is C24H29F3N4O. The van der Waals surface area contributed by atoms with Crippen molar-refractivity contribution in [2.45, 2.75) is 38.0 Å². The van der Waals surface area contributed by atoms with Gasteiger partial charge in [0.15, 0.2) is 0 Å². The predicted molar refractivity (Wildman–Crippen MR) is 117 cm³/mol. The molecule has 0 radical (unpaired) electrons. The molecule has 0 spiro atoms. The SMILES string of the molecule is CN1C[C@@H](C(=O)Nc2cccc(C(F)(F)F)c2)C[C@@H]1C1CCN(Cc2ccncc2)CC1. The van der Waals surface area contributed by atoms with Gasteiger partial charge in [-0.15, -0.1) is 0 Å². The van der Waals surface area contributed by atoms with Crippen LogP contribution in [0.1, 0.15) is 30.4 Å². The predicted octanol–water partition coefficient (Wildman–Crippen LogP) is 4.27.